The Morgan fingerprint density at radius 2 is 2.40 bits per heavy atom. The van der Waals surface area contributed by atoms with Crippen LogP contribution in [0.2, 0.25) is 0 Å². The van der Waals surface area contributed by atoms with Gasteiger partial charge in [0.2, 0.25) is 0 Å². The van der Waals surface area contributed by atoms with E-state index in [1.165, 1.54) is 6.07 Å². The number of nitrogens with zero attached hydrogens (tertiary/aromatic N) is 1. The van der Waals surface area contributed by atoms with Crippen LogP contribution in [0.4, 0.5) is 11.4 Å². The highest BCUT2D eigenvalue weighted by atomic mass is 79.9. The average molecular weight is 361 g/mol. The lowest BCUT2D eigenvalue weighted by Gasteiger charge is -2.45. The Morgan fingerprint density at radius 1 is 1.65 bits per heavy atom. The van der Waals surface area contributed by atoms with Crippen LogP contribution in [0.3, 0.4) is 0 Å². The van der Waals surface area contributed by atoms with Crippen LogP contribution in [0, 0.1) is 10.1 Å². The van der Waals surface area contributed by atoms with Crippen molar-refractivity contribution in [3.05, 3.63) is 32.8 Å². The molecule has 5 nitrogen and oxygen atoms in total. The van der Waals surface area contributed by atoms with Gasteiger partial charge in [0.15, 0.2) is 0 Å². The second-order valence-corrected chi connectivity index (χ2v) is 7.25. The van der Waals surface area contributed by atoms with Gasteiger partial charge in [0.25, 0.3) is 5.69 Å². The van der Waals surface area contributed by atoms with Crippen molar-refractivity contribution in [2.75, 3.05) is 17.6 Å². The van der Waals surface area contributed by atoms with Crippen LogP contribution in [0.25, 0.3) is 0 Å². The van der Waals surface area contributed by atoms with Crippen LogP contribution in [0.5, 0.6) is 0 Å². The molecule has 2 N–H and O–H groups in total. The van der Waals surface area contributed by atoms with Crippen molar-refractivity contribution < 1.29 is 10.0 Å². The van der Waals surface area contributed by atoms with Crippen molar-refractivity contribution >= 4 is 39.1 Å². The van der Waals surface area contributed by atoms with Crippen LogP contribution in [0.1, 0.15) is 19.8 Å². The van der Waals surface area contributed by atoms with Gasteiger partial charge in [-0.2, -0.15) is 11.8 Å². The van der Waals surface area contributed by atoms with Crippen molar-refractivity contribution in [1.29, 1.82) is 0 Å². The molecule has 1 fully saturated rings. The van der Waals surface area contributed by atoms with Gasteiger partial charge in [-0.25, -0.2) is 0 Å². The monoisotopic (exact) mass is 360 g/mol. The second kappa shape index (κ2) is 6.32. The van der Waals surface area contributed by atoms with Crippen molar-refractivity contribution in [3.8, 4) is 0 Å². The molecular weight excluding hydrogens is 344 g/mol. The van der Waals surface area contributed by atoms with Crippen molar-refractivity contribution in [2.24, 2.45) is 0 Å². The molecule has 0 heterocycles. The van der Waals surface area contributed by atoms with Gasteiger partial charge in [-0.15, -0.1) is 0 Å². The first-order valence-corrected chi connectivity index (χ1v) is 8.32. The van der Waals surface area contributed by atoms with E-state index in [1.807, 2.05) is 0 Å². The molecule has 1 aliphatic carbocycles. The summed E-state index contributed by atoms with van der Waals surface area (Å²) in [6, 6.07) is 4.87. The molecular formula is C13H17BrN2O3S. The van der Waals surface area contributed by atoms with Gasteiger partial charge >= 0.3 is 0 Å². The summed E-state index contributed by atoms with van der Waals surface area (Å²) in [5.41, 5.74) is -0.303. The van der Waals surface area contributed by atoms with Gasteiger partial charge in [-0.05, 0) is 30.7 Å². The summed E-state index contributed by atoms with van der Waals surface area (Å²) >= 11 is 4.97. The van der Waals surface area contributed by atoms with Gasteiger partial charge in [0, 0.05) is 22.3 Å². The number of hydrogen-bond donors (Lipinski definition) is 2. The first-order chi connectivity index (χ1) is 9.46. The van der Waals surface area contributed by atoms with Crippen LogP contribution in [-0.2, 0) is 0 Å². The molecule has 0 bridgehead atoms. The zero-order valence-electron chi connectivity index (χ0n) is 11.1. The minimum absolute atomic E-state index is 0.0157. The number of thioether (sulfide) groups is 1. The highest BCUT2D eigenvalue weighted by molar-refractivity contribution is 9.10. The van der Waals surface area contributed by atoms with E-state index >= 15 is 0 Å². The van der Waals surface area contributed by atoms with Gasteiger partial charge in [-0.3, -0.25) is 10.1 Å². The topological polar surface area (TPSA) is 75.4 Å². The molecule has 1 aromatic carbocycles. The Morgan fingerprint density at radius 3 is 2.95 bits per heavy atom. The molecule has 20 heavy (non-hydrogen) atoms. The number of nitro benzene ring substituents is 1. The average Bonchev–Trinajstić information content (AvgIpc) is 2.41. The highest BCUT2D eigenvalue weighted by Gasteiger charge is 2.45. The number of hydrogen-bond acceptors (Lipinski definition) is 5. The van der Waals surface area contributed by atoms with E-state index in [-0.39, 0.29) is 10.9 Å². The molecule has 0 saturated heterocycles. The molecule has 0 radical (unpaired) electrons. The smallest absolute Gasteiger partial charge is 0.293 e. The SMILES string of the molecule is CCSC1CCC1(O)CNc1ccc(Br)cc1[N+](=O)[O-]. The summed E-state index contributed by atoms with van der Waals surface area (Å²) in [5.74, 6) is 0.964. The maximum Gasteiger partial charge on any atom is 0.293 e. The van der Waals surface area contributed by atoms with E-state index in [1.54, 1.807) is 23.9 Å². The van der Waals surface area contributed by atoms with E-state index in [2.05, 4.69) is 28.2 Å². The number of nitro groups is 1. The van der Waals surface area contributed by atoms with Crippen molar-refractivity contribution in [2.45, 2.75) is 30.6 Å². The fourth-order valence-corrected chi connectivity index (χ4v) is 3.84. The Labute approximate surface area is 130 Å². The summed E-state index contributed by atoms with van der Waals surface area (Å²) in [4.78, 5) is 10.6. The van der Waals surface area contributed by atoms with E-state index in [0.29, 0.717) is 16.7 Å². The molecule has 1 saturated carbocycles. The predicted molar refractivity (Wildman–Crippen MR) is 85.4 cm³/mol. The molecule has 0 aliphatic heterocycles. The number of halogens is 1. The lowest BCUT2D eigenvalue weighted by Crippen LogP contribution is -2.54. The zero-order valence-corrected chi connectivity index (χ0v) is 13.5. The molecule has 0 aromatic heterocycles. The normalized spacial score (nSPS) is 25.1. The third kappa shape index (κ3) is 3.27. The van der Waals surface area contributed by atoms with Gasteiger partial charge in [0.05, 0.1) is 10.5 Å². The Bertz CT molecular complexity index is 514. The summed E-state index contributed by atoms with van der Waals surface area (Å²) in [5, 5.41) is 24.8. The standard InChI is InChI=1S/C13H17BrN2O3S/c1-2-20-12-5-6-13(12,17)8-15-10-4-3-9(14)7-11(10)16(18)19/h3-4,7,12,15,17H,2,5-6,8H2,1H3. The quantitative estimate of drug-likeness (QED) is 0.600. The largest absolute Gasteiger partial charge is 0.387 e. The number of aliphatic hydroxyl groups is 1. The third-order valence-electron chi connectivity index (χ3n) is 3.55. The lowest BCUT2D eigenvalue weighted by atomic mass is 9.79. The molecule has 2 unspecified atom stereocenters. The van der Waals surface area contributed by atoms with E-state index < -0.39 is 10.5 Å². The van der Waals surface area contributed by atoms with Crippen LogP contribution in [-0.4, -0.2) is 33.2 Å². The first kappa shape index (κ1) is 15.6. The molecule has 2 rings (SSSR count). The third-order valence-corrected chi connectivity index (χ3v) is 5.45. The minimum Gasteiger partial charge on any atom is -0.387 e. The fourth-order valence-electron chi connectivity index (χ4n) is 2.29. The molecule has 0 spiro atoms. The Kier molecular flexibility index (Phi) is 4.93. The summed E-state index contributed by atoms with van der Waals surface area (Å²) in [7, 11) is 0. The number of anilines is 1. The molecule has 1 aliphatic rings. The van der Waals surface area contributed by atoms with E-state index in [4.69, 9.17) is 0 Å². The van der Waals surface area contributed by atoms with Crippen molar-refractivity contribution in [3.63, 3.8) is 0 Å². The van der Waals surface area contributed by atoms with Gasteiger partial charge in [0.1, 0.15) is 5.69 Å². The Hall–Kier alpha value is -0.790. The second-order valence-electron chi connectivity index (χ2n) is 4.86. The molecule has 1 aromatic rings. The maximum absolute atomic E-state index is 11.0. The van der Waals surface area contributed by atoms with Gasteiger partial charge in [-0.1, -0.05) is 22.9 Å². The van der Waals surface area contributed by atoms with Gasteiger partial charge < -0.3 is 10.4 Å². The minimum atomic E-state index is -0.762. The number of nitrogens with one attached hydrogen (secondary N) is 1. The first-order valence-electron chi connectivity index (χ1n) is 6.48. The molecule has 2 atom stereocenters. The maximum atomic E-state index is 11.0. The van der Waals surface area contributed by atoms with Crippen LogP contribution >= 0.6 is 27.7 Å². The van der Waals surface area contributed by atoms with Crippen LogP contribution < -0.4 is 5.32 Å². The number of benzene rings is 1. The number of rotatable bonds is 6. The van der Waals surface area contributed by atoms with E-state index in [0.717, 1.165) is 18.6 Å². The summed E-state index contributed by atoms with van der Waals surface area (Å²) < 4.78 is 0.663. The highest BCUT2D eigenvalue weighted by Crippen LogP contribution is 2.41. The fraction of sp³-hybridized carbons (Fsp3) is 0.538. The van der Waals surface area contributed by atoms with Crippen molar-refractivity contribution in [1.82, 2.24) is 0 Å². The summed E-state index contributed by atoms with van der Waals surface area (Å²) in [6.45, 7) is 2.41. The zero-order chi connectivity index (χ0) is 14.8. The Balaban J connectivity index is 2.06. The molecule has 110 valence electrons. The lowest BCUT2D eigenvalue weighted by molar-refractivity contribution is -0.384. The van der Waals surface area contributed by atoms with E-state index in [9.17, 15) is 15.2 Å². The summed E-state index contributed by atoms with van der Waals surface area (Å²) in [6.07, 6.45) is 1.74. The van der Waals surface area contributed by atoms with Crippen LogP contribution in [0.15, 0.2) is 22.7 Å². The molecule has 7 heteroatoms. The predicted octanol–water partition coefficient (Wildman–Crippen LogP) is 3.42. The molecule has 0 amide bonds.